The maximum atomic E-state index is 13.1. The highest BCUT2D eigenvalue weighted by atomic mass is 16.5. The third-order valence-corrected chi connectivity index (χ3v) is 6.03. The molecule has 11 nitrogen and oxygen atoms in total. The number of aromatic amines is 1. The predicted octanol–water partition coefficient (Wildman–Crippen LogP) is 3.27. The Morgan fingerprint density at radius 2 is 1.84 bits per heavy atom. The molecule has 11 heteroatoms. The maximum absolute atomic E-state index is 13.1. The SMILES string of the molecule is COc1cc(OC)cc(N(CC(=O)NCCc2ncc[nH]2)c2ccc3ncc(-c4cnn(C)c4)nc3c2)c1. The lowest BCUT2D eigenvalue weighted by atomic mass is 10.2. The molecule has 0 radical (unpaired) electrons. The number of imidazole rings is 1. The average Bonchev–Trinajstić information content (AvgIpc) is 3.62. The Hall–Kier alpha value is -4.93. The zero-order valence-corrected chi connectivity index (χ0v) is 21.4. The first-order valence-electron chi connectivity index (χ1n) is 12.0. The molecular formula is C27H28N8O3. The van der Waals surface area contributed by atoms with Crippen LogP contribution in [0.3, 0.4) is 0 Å². The number of carbonyl (C=O) groups excluding carboxylic acids is 1. The molecule has 0 unspecified atom stereocenters. The van der Waals surface area contributed by atoms with E-state index in [4.69, 9.17) is 14.5 Å². The minimum Gasteiger partial charge on any atom is -0.497 e. The largest absolute Gasteiger partial charge is 0.497 e. The van der Waals surface area contributed by atoms with Gasteiger partial charge in [-0.15, -0.1) is 0 Å². The molecule has 2 aromatic carbocycles. The van der Waals surface area contributed by atoms with Gasteiger partial charge in [-0.1, -0.05) is 0 Å². The molecule has 0 spiro atoms. The van der Waals surface area contributed by atoms with E-state index in [9.17, 15) is 4.79 Å². The number of hydrogen-bond acceptors (Lipinski definition) is 8. The molecule has 3 heterocycles. The van der Waals surface area contributed by atoms with Gasteiger partial charge >= 0.3 is 0 Å². The molecule has 5 rings (SSSR count). The van der Waals surface area contributed by atoms with Crippen LogP contribution in [0.4, 0.5) is 11.4 Å². The van der Waals surface area contributed by atoms with Crippen molar-refractivity contribution in [1.29, 1.82) is 0 Å². The molecule has 194 valence electrons. The summed E-state index contributed by atoms with van der Waals surface area (Å²) in [5.74, 6) is 1.90. The van der Waals surface area contributed by atoms with Crippen molar-refractivity contribution < 1.29 is 14.3 Å². The molecule has 0 aliphatic carbocycles. The Labute approximate surface area is 219 Å². The van der Waals surface area contributed by atoms with Crippen molar-refractivity contribution in [3.63, 3.8) is 0 Å². The van der Waals surface area contributed by atoms with E-state index in [2.05, 4.69) is 25.4 Å². The zero-order valence-electron chi connectivity index (χ0n) is 21.4. The van der Waals surface area contributed by atoms with Gasteiger partial charge in [-0.05, 0) is 18.2 Å². The van der Waals surface area contributed by atoms with Gasteiger partial charge in [0.1, 0.15) is 23.9 Å². The van der Waals surface area contributed by atoms with Crippen LogP contribution in [0.1, 0.15) is 5.82 Å². The van der Waals surface area contributed by atoms with Gasteiger partial charge in [0.2, 0.25) is 5.91 Å². The standard InChI is InChI=1S/C27H28N8O3/c1-34-16-18(14-32-34)25-15-31-23-5-4-19(12-24(23)33-25)35(20-10-21(37-2)13-22(11-20)38-3)17-27(36)30-7-6-26-28-8-9-29-26/h4-5,8-16H,6-7,17H2,1-3H3,(H,28,29)(H,30,36). The molecule has 3 aromatic heterocycles. The van der Waals surface area contributed by atoms with Crippen molar-refractivity contribution in [3.05, 3.63) is 73.2 Å². The van der Waals surface area contributed by atoms with Crippen LogP contribution in [0.25, 0.3) is 22.3 Å². The fraction of sp³-hybridized carbons (Fsp3) is 0.222. The summed E-state index contributed by atoms with van der Waals surface area (Å²) >= 11 is 0. The zero-order chi connectivity index (χ0) is 26.5. The number of benzene rings is 2. The Kier molecular flexibility index (Phi) is 7.16. The van der Waals surface area contributed by atoms with Crippen LogP contribution in [0.5, 0.6) is 11.5 Å². The first-order chi connectivity index (χ1) is 18.5. The van der Waals surface area contributed by atoms with E-state index in [1.165, 1.54) is 0 Å². The summed E-state index contributed by atoms with van der Waals surface area (Å²) in [7, 11) is 5.04. The molecule has 5 aromatic rings. The molecule has 1 amide bonds. The fourth-order valence-electron chi connectivity index (χ4n) is 4.09. The number of fused-ring (bicyclic) bond motifs is 1. The van der Waals surface area contributed by atoms with E-state index in [1.807, 2.05) is 48.5 Å². The summed E-state index contributed by atoms with van der Waals surface area (Å²) in [6.07, 6.45) is 9.43. The number of hydrogen-bond donors (Lipinski definition) is 2. The third-order valence-electron chi connectivity index (χ3n) is 6.03. The normalized spacial score (nSPS) is 10.9. The highest BCUT2D eigenvalue weighted by Gasteiger charge is 2.18. The number of amides is 1. The van der Waals surface area contributed by atoms with Crippen molar-refractivity contribution in [1.82, 2.24) is 35.0 Å². The molecular weight excluding hydrogens is 484 g/mol. The molecule has 2 N–H and O–H groups in total. The number of nitrogens with one attached hydrogen (secondary N) is 2. The van der Waals surface area contributed by atoms with Crippen LogP contribution in [0.15, 0.2) is 67.4 Å². The van der Waals surface area contributed by atoms with Crippen molar-refractivity contribution in [2.24, 2.45) is 7.05 Å². The van der Waals surface area contributed by atoms with E-state index < -0.39 is 0 Å². The van der Waals surface area contributed by atoms with Crippen LogP contribution in [-0.4, -0.2) is 62.9 Å². The van der Waals surface area contributed by atoms with Crippen molar-refractivity contribution >= 4 is 28.3 Å². The van der Waals surface area contributed by atoms with E-state index in [0.29, 0.717) is 35.7 Å². The number of aromatic nitrogens is 6. The third kappa shape index (κ3) is 5.56. The second-order valence-corrected chi connectivity index (χ2v) is 8.62. The smallest absolute Gasteiger partial charge is 0.239 e. The van der Waals surface area contributed by atoms with Crippen molar-refractivity contribution in [2.45, 2.75) is 6.42 Å². The van der Waals surface area contributed by atoms with Gasteiger partial charge in [-0.25, -0.2) is 9.97 Å². The van der Waals surface area contributed by atoms with Gasteiger partial charge in [-0.3, -0.25) is 14.5 Å². The topological polar surface area (TPSA) is 123 Å². The molecule has 0 fully saturated rings. The van der Waals surface area contributed by atoms with E-state index >= 15 is 0 Å². The lowest BCUT2D eigenvalue weighted by molar-refractivity contribution is -0.119. The molecule has 0 saturated heterocycles. The minimum atomic E-state index is -0.145. The monoisotopic (exact) mass is 512 g/mol. The predicted molar refractivity (Wildman–Crippen MR) is 144 cm³/mol. The second-order valence-electron chi connectivity index (χ2n) is 8.62. The van der Waals surface area contributed by atoms with Gasteiger partial charge in [-0.2, -0.15) is 5.10 Å². The van der Waals surface area contributed by atoms with E-state index in [1.54, 1.807) is 49.8 Å². The van der Waals surface area contributed by atoms with Gasteiger partial charge in [0, 0.05) is 73.7 Å². The lowest BCUT2D eigenvalue weighted by Crippen LogP contribution is -2.36. The Morgan fingerprint density at radius 1 is 1.03 bits per heavy atom. The van der Waals surface area contributed by atoms with Crippen LogP contribution in [0.2, 0.25) is 0 Å². The van der Waals surface area contributed by atoms with Crippen LogP contribution < -0.4 is 19.7 Å². The summed E-state index contributed by atoms with van der Waals surface area (Å²) in [5.41, 5.74) is 4.53. The Balaban J connectivity index is 1.48. The van der Waals surface area contributed by atoms with Gasteiger partial charge in [0.25, 0.3) is 0 Å². The van der Waals surface area contributed by atoms with E-state index in [-0.39, 0.29) is 12.5 Å². The lowest BCUT2D eigenvalue weighted by Gasteiger charge is -2.25. The quantitative estimate of drug-likeness (QED) is 0.292. The molecule has 0 aliphatic heterocycles. The number of aryl methyl sites for hydroxylation is 1. The van der Waals surface area contributed by atoms with Crippen LogP contribution in [0, 0.1) is 0 Å². The van der Waals surface area contributed by atoms with Crippen molar-refractivity contribution in [3.8, 4) is 22.8 Å². The minimum absolute atomic E-state index is 0.0652. The summed E-state index contributed by atoms with van der Waals surface area (Å²) < 4.78 is 12.7. The van der Waals surface area contributed by atoms with Gasteiger partial charge < -0.3 is 24.7 Å². The maximum Gasteiger partial charge on any atom is 0.239 e. The second kappa shape index (κ2) is 11.0. The fourth-order valence-corrected chi connectivity index (χ4v) is 4.09. The first kappa shape index (κ1) is 24.8. The molecule has 0 saturated carbocycles. The van der Waals surface area contributed by atoms with Crippen LogP contribution >= 0.6 is 0 Å². The molecule has 0 aliphatic rings. The number of H-pyrrole nitrogens is 1. The van der Waals surface area contributed by atoms with Crippen molar-refractivity contribution in [2.75, 3.05) is 32.2 Å². The summed E-state index contributed by atoms with van der Waals surface area (Å²) in [6.45, 7) is 0.523. The summed E-state index contributed by atoms with van der Waals surface area (Å²) in [6, 6.07) is 11.2. The Bertz CT molecular complexity index is 1530. The van der Waals surface area contributed by atoms with Gasteiger partial charge in [0.05, 0.1) is 43.3 Å². The number of nitrogens with zero attached hydrogens (tertiary/aromatic N) is 6. The number of ether oxygens (including phenoxy) is 2. The number of methoxy groups -OCH3 is 2. The Morgan fingerprint density at radius 3 is 2.53 bits per heavy atom. The molecule has 0 bridgehead atoms. The number of rotatable bonds is 10. The number of carbonyl (C=O) groups is 1. The van der Waals surface area contributed by atoms with Gasteiger partial charge in [0.15, 0.2) is 0 Å². The highest BCUT2D eigenvalue weighted by molar-refractivity contribution is 5.88. The highest BCUT2D eigenvalue weighted by Crippen LogP contribution is 2.34. The number of anilines is 2. The first-order valence-corrected chi connectivity index (χ1v) is 12.0. The molecule has 38 heavy (non-hydrogen) atoms. The summed E-state index contributed by atoms with van der Waals surface area (Å²) in [4.78, 5) is 31.6. The van der Waals surface area contributed by atoms with Crippen LogP contribution in [-0.2, 0) is 18.3 Å². The summed E-state index contributed by atoms with van der Waals surface area (Å²) in [5, 5.41) is 7.21. The molecule has 0 atom stereocenters. The average molecular weight is 513 g/mol. The van der Waals surface area contributed by atoms with E-state index in [0.717, 1.165) is 28.3 Å².